The first-order valence-corrected chi connectivity index (χ1v) is 8.92. The molecule has 1 unspecified atom stereocenters. The summed E-state index contributed by atoms with van der Waals surface area (Å²) in [5, 5.41) is 0. The van der Waals surface area contributed by atoms with Crippen molar-refractivity contribution >= 4 is 5.96 Å². The first-order valence-electron chi connectivity index (χ1n) is 8.92. The van der Waals surface area contributed by atoms with Gasteiger partial charge in [0.1, 0.15) is 0 Å². The number of guanidine groups is 1. The van der Waals surface area contributed by atoms with Crippen molar-refractivity contribution in [1.82, 2.24) is 9.80 Å². The standard InChI is InChI=1S/C17H34N4/c1-15-7-12-20(13-8-15)10-4-3-9-19-17(18)21-11-5-6-16(2)14-21/h15-16H,3-14H2,1-2H3,(H2,18,19). The smallest absolute Gasteiger partial charge is 0.191 e. The molecule has 0 aromatic heterocycles. The van der Waals surface area contributed by atoms with E-state index in [0.29, 0.717) is 0 Å². The number of likely N-dealkylation sites (tertiary alicyclic amines) is 2. The van der Waals surface area contributed by atoms with Gasteiger partial charge in [-0.15, -0.1) is 0 Å². The van der Waals surface area contributed by atoms with Crippen LogP contribution in [-0.2, 0) is 0 Å². The molecule has 0 spiro atoms. The molecular weight excluding hydrogens is 260 g/mol. The normalized spacial score (nSPS) is 26.3. The summed E-state index contributed by atoms with van der Waals surface area (Å²) < 4.78 is 0. The van der Waals surface area contributed by atoms with Crippen molar-refractivity contribution in [2.45, 2.75) is 52.4 Å². The molecule has 21 heavy (non-hydrogen) atoms. The van der Waals surface area contributed by atoms with Gasteiger partial charge in [0.15, 0.2) is 5.96 Å². The Balaban J connectivity index is 1.57. The second kappa shape index (κ2) is 8.62. The third-order valence-electron chi connectivity index (χ3n) is 5.01. The van der Waals surface area contributed by atoms with Crippen LogP contribution in [-0.4, -0.2) is 55.0 Å². The van der Waals surface area contributed by atoms with Crippen LogP contribution in [0.5, 0.6) is 0 Å². The predicted molar refractivity (Wildman–Crippen MR) is 90.5 cm³/mol. The second-order valence-electron chi connectivity index (χ2n) is 7.16. The molecule has 0 radical (unpaired) electrons. The van der Waals surface area contributed by atoms with Gasteiger partial charge in [0.05, 0.1) is 0 Å². The summed E-state index contributed by atoms with van der Waals surface area (Å²) >= 11 is 0. The maximum absolute atomic E-state index is 6.12. The van der Waals surface area contributed by atoms with E-state index >= 15 is 0 Å². The third-order valence-corrected chi connectivity index (χ3v) is 5.01. The quantitative estimate of drug-likeness (QED) is 0.481. The minimum atomic E-state index is 0.758. The zero-order valence-electron chi connectivity index (χ0n) is 14.1. The van der Waals surface area contributed by atoms with Crippen LogP contribution in [0.25, 0.3) is 0 Å². The van der Waals surface area contributed by atoms with Gasteiger partial charge in [0.25, 0.3) is 0 Å². The fourth-order valence-corrected chi connectivity index (χ4v) is 3.42. The zero-order valence-corrected chi connectivity index (χ0v) is 14.1. The molecule has 0 saturated carbocycles. The van der Waals surface area contributed by atoms with E-state index in [1.807, 2.05) is 0 Å². The van der Waals surface area contributed by atoms with E-state index in [-0.39, 0.29) is 0 Å². The number of aliphatic imine (C=N–C) groups is 1. The minimum absolute atomic E-state index is 0.758. The average Bonchev–Trinajstić information content (AvgIpc) is 2.48. The fraction of sp³-hybridized carbons (Fsp3) is 0.941. The first kappa shape index (κ1) is 16.6. The van der Waals surface area contributed by atoms with Crippen molar-refractivity contribution in [3.8, 4) is 0 Å². The van der Waals surface area contributed by atoms with Crippen LogP contribution in [0, 0.1) is 11.8 Å². The highest BCUT2D eigenvalue weighted by atomic mass is 15.3. The molecule has 2 aliphatic heterocycles. The van der Waals surface area contributed by atoms with Gasteiger partial charge in [-0.25, -0.2) is 0 Å². The van der Waals surface area contributed by atoms with Crippen LogP contribution in [0.4, 0.5) is 0 Å². The monoisotopic (exact) mass is 294 g/mol. The van der Waals surface area contributed by atoms with Gasteiger partial charge in [0.2, 0.25) is 0 Å². The molecule has 2 N–H and O–H groups in total. The highest BCUT2D eigenvalue weighted by molar-refractivity contribution is 5.78. The fourth-order valence-electron chi connectivity index (χ4n) is 3.42. The van der Waals surface area contributed by atoms with E-state index < -0.39 is 0 Å². The predicted octanol–water partition coefficient (Wildman–Crippen LogP) is 2.55. The van der Waals surface area contributed by atoms with Crippen LogP contribution in [0.15, 0.2) is 4.99 Å². The van der Waals surface area contributed by atoms with E-state index in [0.717, 1.165) is 43.9 Å². The molecule has 2 rings (SSSR count). The van der Waals surface area contributed by atoms with Crippen molar-refractivity contribution in [3.63, 3.8) is 0 Å². The van der Waals surface area contributed by atoms with Gasteiger partial charge in [0, 0.05) is 19.6 Å². The molecule has 4 heteroatoms. The number of piperidine rings is 2. The molecule has 4 nitrogen and oxygen atoms in total. The molecule has 0 aliphatic carbocycles. The summed E-state index contributed by atoms with van der Waals surface area (Å²) in [5.41, 5.74) is 6.12. The molecular formula is C17H34N4. The lowest BCUT2D eigenvalue weighted by Crippen LogP contribution is -2.43. The molecule has 2 saturated heterocycles. The molecule has 2 heterocycles. The molecule has 2 fully saturated rings. The molecule has 2 aliphatic rings. The van der Waals surface area contributed by atoms with Crippen molar-refractivity contribution in [2.75, 3.05) is 39.3 Å². The summed E-state index contributed by atoms with van der Waals surface area (Å²) in [7, 11) is 0. The lowest BCUT2D eigenvalue weighted by Gasteiger charge is -2.31. The second-order valence-corrected chi connectivity index (χ2v) is 7.16. The summed E-state index contributed by atoms with van der Waals surface area (Å²) in [4.78, 5) is 9.45. The van der Waals surface area contributed by atoms with E-state index in [2.05, 4.69) is 28.6 Å². The zero-order chi connectivity index (χ0) is 15.1. The molecule has 0 bridgehead atoms. The Morgan fingerprint density at radius 2 is 1.81 bits per heavy atom. The van der Waals surface area contributed by atoms with Gasteiger partial charge >= 0.3 is 0 Å². The maximum Gasteiger partial charge on any atom is 0.191 e. The van der Waals surface area contributed by atoms with Crippen LogP contribution < -0.4 is 5.73 Å². The van der Waals surface area contributed by atoms with Gasteiger partial charge < -0.3 is 15.5 Å². The van der Waals surface area contributed by atoms with Crippen molar-refractivity contribution in [3.05, 3.63) is 0 Å². The van der Waals surface area contributed by atoms with Crippen LogP contribution in [0.2, 0.25) is 0 Å². The Kier molecular flexibility index (Phi) is 6.81. The number of rotatable bonds is 5. The highest BCUT2D eigenvalue weighted by Gasteiger charge is 2.17. The van der Waals surface area contributed by atoms with Gasteiger partial charge in [-0.1, -0.05) is 13.8 Å². The lowest BCUT2D eigenvalue weighted by atomic mass is 9.99. The molecule has 122 valence electrons. The van der Waals surface area contributed by atoms with Gasteiger partial charge in [-0.3, -0.25) is 4.99 Å². The van der Waals surface area contributed by atoms with Crippen LogP contribution >= 0.6 is 0 Å². The Bertz CT molecular complexity index is 321. The topological polar surface area (TPSA) is 44.9 Å². The molecule has 0 amide bonds. The third kappa shape index (κ3) is 5.85. The average molecular weight is 294 g/mol. The summed E-state index contributed by atoms with van der Waals surface area (Å²) in [5.74, 6) is 2.46. The van der Waals surface area contributed by atoms with E-state index in [1.165, 1.54) is 51.7 Å². The molecule has 0 aromatic carbocycles. The van der Waals surface area contributed by atoms with Crippen LogP contribution in [0.3, 0.4) is 0 Å². The summed E-state index contributed by atoms with van der Waals surface area (Å²) in [6, 6.07) is 0. The number of nitrogens with zero attached hydrogens (tertiary/aromatic N) is 3. The Morgan fingerprint density at radius 1 is 1.05 bits per heavy atom. The SMILES string of the molecule is CC1CCN(CCCCN=C(N)N2CCCC(C)C2)CC1. The summed E-state index contributed by atoms with van der Waals surface area (Å²) in [6.45, 7) is 11.6. The minimum Gasteiger partial charge on any atom is -0.370 e. The van der Waals surface area contributed by atoms with E-state index in [4.69, 9.17) is 5.73 Å². The number of unbranched alkanes of at least 4 members (excludes halogenated alkanes) is 1. The Labute approximate surface area is 130 Å². The highest BCUT2D eigenvalue weighted by Crippen LogP contribution is 2.16. The van der Waals surface area contributed by atoms with Crippen molar-refractivity contribution in [2.24, 2.45) is 22.6 Å². The molecule has 1 atom stereocenters. The molecule has 0 aromatic rings. The van der Waals surface area contributed by atoms with E-state index in [9.17, 15) is 0 Å². The van der Waals surface area contributed by atoms with E-state index in [1.54, 1.807) is 0 Å². The van der Waals surface area contributed by atoms with Gasteiger partial charge in [-0.05, 0) is 70.0 Å². The van der Waals surface area contributed by atoms with Crippen LogP contribution in [0.1, 0.15) is 52.4 Å². The first-order chi connectivity index (χ1) is 10.1. The Morgan fingerprint density at radius 3 is 2.52 bits per heavy atom. The van der Waals surface area contributed by atoms with Crippen molar-refractivity contribution in [1.29, 1.82) is 0 Å². The largest absolute Gasteiger partial charge is 0.370 e. The van der Waals surface area contributed by atoms with Crippen molar-refractivity contribution < 1.29 is 0 Å². The lowest BCUT2D eigenvalue weighted by molar-refractivity contribution is 0.190. The Hall–Kier alpha value is -0.770. The number of hydrogen-bond acceptors (Lipinski definition) is 2. The number of nitrogens with two attached hydrogens (primary N) is 1. The maximum atomic E-state index is 6.12. The van der Waals surface area contributed by atoms with Gasteiger partial charge in [-0.2, -0.15) is 0 Å². The number of hydrogen-bond donors (Lipinski definition) is 1. The summed E-state index contributed by atoms with van der Waals surface area (Å²) in [6.07, 6.45) is 7.75.